The first kappa shape index (κ1) is 21.4. The van der Waals surface area contributed by atoms with E-state index in [1.54, 1.807) is 6.07 Å². The molecule has 1 fully saturated rings. The first-order chi connectivity index (χ1) is 14.4. The molecule has 5 heteroatoms. The van der Waals surface area contributed by atoms with Crippen LogP contribution in [0.25, 0.3) is 0 Å². The summed E-state index contributed by atoms with van der Waals surface area (Å²) in [6.07, 6.45) is 3.20. The van der Waals surface area contributed by atoms with Crippen molar-refractivity contribution in [1.82, 2.24) is 14.8 Å². The van der Waals surface area contributed by atoms with E-state index in [4.69, 9.17) is 12.2 Å². The summed E-state index contributed by atoms with van der Waals surface area (Å²) < 4.78 is 0. The average Bonchev–Trinajstić information content (AvgIpc) is 3.07. The van der Waals surface area contributed by atoms with Crippen molar-refractivity contribution in [3.8, 4) is 5.75 Å². The van der Waals surface area contributed by atoms with E-state index in [2.05, 4.69) is 48.5 Å². The van der Waals surface area contributed by atoms with E-state index in [1.165, 1.54) is 22.4 Å². The van der Waals surface area contributed by atoms with Crippen LogP contribution in [0.5, 0.6) is 5.75 Å². The first-order valence-corrected chi connectivity index (χ1v) is 11.9. The van der Waals surface area contributed by atoms with Gasteiger partial charge in [-0.15, -0.1) is 0 Å². The summed E-state index contributed by atoms with van der Waals surface area (Å²) in [6, 6.07) is 8.00. The van der Waals surface area contributed by atoms with Gasteiger partial charge in [0, 0.05) is 30.7 Å². The van der Waals surface area contributed by atoms with Gasteiger partial charge in [0.05, 0.1) is 5.69 Å². The number of phenols is 1. The molecular weight excluding hydrogens is 390 g/mol. The maximum absolute atomic E-state index is 10.2. The Balaban J connectivity index is 1.77. The lowest BCUT2D eigenvalue weighted by Crippen LogP contribution is -2.53. The van der Waals surface area contributed by atoms with E-state index in [0.717, 1.165) is 62.7 Å². The Bertz CT molecular complexity index is 932. The zero-order chi connectivity index (χ0) is 21.5. The molecule has 0 bridgehead atoms. The van der Waals surface area contributed by atoms with Gasteiger partial charge in [-0.3, -0.25) is 0 Å². The fourth-order valence-electron chi connectivity index (χ4n) is 5.79. The number of phenolic OH excluding ortho intramolecular Hbond substituents is 1. The molecule has 4 rings (SSSR count). The van der Waals surface area contributed by atoms with Crippen molar-refractivity contribution in [1.29, 1.82) is 0 Å². The molecule has 1 aliphatic carbocycles. The van der Waals surface area contributed by atoms with Gasteiger partial charge in [-0.2, -0.15) is 0 Å². The molecule has 1 aromatic carbocycles. The lowest BCUT2D eigenvalue weighted by molar-refractivity contribution is 0.0849. The molecule has 2 atom stereocenters. The van der Waals surface area contributed by atoms with E-state index in [9.17, 15) is 5.11 Å². The number of rotatable bonds is 5. The topological polar surface area (TPSA) is 42.5 Å². The van der Waals surface area contributed by atoms with Crippen LogP contribution in [0, 0.1) is 12.8 Å². The third kappa shape index (κ3) is 3.46. The maximum atomic E-state index is 10.2. The quantitative estimate of drug-likeness (QED) is 0.696. The van der Waals surface area contributed by atoms with Crippen LogP contribution in [0.4, 0.5) is 0 Å². The summed E-state index contributed by atoms with van der Waals surface area (Å²) in [6.45, 7) is 14.0. The summed E-state index contributed by atoms with van der Waals surface area (Å²) in [5.74, 6) is 0.917. The van der Waals surface area contributed by atoms with Gasteiger partial charge in [-0.25, -0.2) is 0 Å². The van der Waals surface area contributed by atoms with Crippen LogP contribution < -0.4 is 0 Å². The summed E-state index contributed by atoms with van der Waals surface area (Å²) >= 11 is 5.87. The monoisotopic (exact) mass is 425 g/mol. The van der Waals surface area contributed by atoms with Crippen molar-refractivity contribution < 1.29 is 5.11 Å². The number of piperidine rings is 1. The molecule has 1 saturated heterocycles. The molecule has 0 radical (unpaired) electrons. The van der Waals surface area contributed by atoms with Crippen molar-refractivity contribution >= 4 is 17.2 Å². The van der Waals surface area contributed by atoms with Crippen LogP contribution in [0.15, 0.2) is 24.3 Å². The molecule has 0 amide bonds. The van der Waals surface area contributed by atoms with Crippen LogP contribution >= 0.6 is 12.2 Å². The van der Waals surface area contributed by atoms with E-state index >= 15 is 0 Å². The van der Waals surface area contributed by atoms with E-state index in [-0.39, 0.29) is 5.41 Å². The molecule has 2 heterocycles. The molecule has 1 aromatic heterocycles. The number of H-pyrrole nitrogens is 1. The number of hydrogen-bond acceptors (Lipinski definition) is 3. The third-order valence-electron chi connectivity index (χ3n) is 7.68. The van der Waals surface area contributed by atoms with Gasteiger partial charge in [0.15, 0.2) is 0 Å². The Morgan fingerprint density at radius 1 is 1.30 bits per heavy atom. The maximum Gasteiger partial charge on any atom is 0.125 e. The van der Waals surface area contributed by atoms with E-state index < -0.39 is 0 Å². The largest absolute Gasteiger partial charge is 0.508 e. The zero-order valence-corrected chi connectivity index (χ0v) is 19.6. The van der Waals surface area contributed by atoms with Gasteiger partial charge >= 0.3 is 0 Å². The minimum absolute atomic E-state index is 0.0722. The summed E-state index contributed by atoms with van der Waals surface area (Å²) in [7, 11) is 0. The standard InChI is InChI=1S/C25H35N3OS/c1-5-27-12-11-25(18-9-8-10-20(29)13-18)15-22-21(14-19(25)16-27)17(4)23(26-22)24(30)28(6-2)7-3/h8-10,13,19,26,29H,5-7,11-12,14-16H2,1-4H3. The molecule has 2 aromatic rings. The fourth-order valence-corrected chi connectivity index (χ4v) is 6.25. The normalized spacial score (nSPS) is 23.7. The second kappa shape index (κ2) is 8.35. The second-order valence-electron chi connectivity index (χ2n) is 8.99. The van der Waals surface area contributed by atoms with Gasteiger partial charge in [0.2, 0.25) is 0 Å². The van der Waals surface area contributed by atoms with Gasteiger partial charge < -0.3 is 19.9 Å². The van der Waals surface area contributed by atoms with Crippen LogP contribution in [0.2, 0.25) is 0 Å². The van der Waals surface area contributed by atoms with E-state index in [0.29, 0.717) is 11.7 Å². The molecule has 2 aliphatic rings. The smallest absolute Gasteiger partial charge is 0.125 e. The molecular formula is C25H35N3OS. The number of hydrogen-bond donors (Lipinski definition) is 2. The van der Waals surface area contributed by atoms with Crippen LogP contribution in [-0.2, 0) is 18.3 Å². The minimum atomic E-state index is 0.0722. The highest BCUT2D eigenvalue weighted by molar-refractivity contribution is 7.80. The number of fused-ring (bicyclic) bond motifs is 2. The number of nitrogens with zero attached hydrogens (tertiary/aromatic N) is 2. The first-order valence-electron chi connectivity index (χ1n) is 11.4. The van der Waals surface area contributed by atoms with Gasteiger partial charge in [0.25, 0.3) is 0 Å². The summed E-state index contributed by atoms with van der Waals surface area (Å²) in [5.41, 5.74) is 6.65. The number of aromatic amines is 1. The zero-order valence-electron chi connectivity index (χ0n) is 18.8. The molecule has 30 heavy (non-hydrogen) atoms. The SMILES string of the molecule is CCN1CCC2(c3cccc(O)c3)Cc3[nH]c(C(=S)N(CC)CC)c(C)c3CC2C1. The Morgan fingerprint density at radius 3 is 2.73 bits per heavy atom. The highest BCUT2D eigenvalue weighted by Gasteiger charge is 2.48. The lowest BCUT2D eigenvalue weighted by Gasteiger charge is -2.51. The van der Waals surface area contributed by atoms with Crippen molar-refractivity contribution in [2.75, 3.05) is 32.7 Å². The highest BCUT2D eigenvalue weighted by atomic mass is 32.1. The Hall–Kier alpha value is -1.85. The number of aromatic hydroxyl groups is 1. The number of likely N-dealkylation sites (tertiary alicyclic amines) is 1. The number of thiocarbonyl (C=S) groups is 1. The van der Waals surface area contributed by atoms with Gasteiger partial charge in [-0.1, -0.05) is 31.3 Å². The molecule has 0 saturated carbocycles. The van der Waals surface area contributed by atoms with Gasteiger partial charge in [0.1, 0.15) is 10.7 Å². The second-order valence-corrected chi connectivity index (χ2v) is 9.37. The molecule has 2 unspecified atom stereocenters. The summed E-state index contributed by atoms with van der Waals surface area (Å²) in [5, 5.41) is 10.2. The molecule has 2 N–H and O–H groups in total. The van der Waals surface area contributed by atoms with Crippen molar-refractivity contribution in [3.05, 3.63) is 52.3 Å². The Kier molecular flexibility index (Phi) is 5.95. The summed E-state index contributed by atoms with van der Waals surface area (Å²) in [4.78, 5) is 9.54. The molecule has 1 aliphatic heterocycles. The van der Waals surface area contributed by atoms with Crippen molar-refractivity contribution in [3.63, 3.8) is 0 Å². The van der Waals surface area contributed by atoms with E-state index in [1.807, 2.05) is 12.1 Å². The number of aromatic nitrogens is 1. The predicted octanol–water partition coefficient (Wildman–Crippen LogP) is 4.42. The van der Waals surface area contributed by atoms with Gasteiger partial charge in [-0.05, 0) is 87.9 Å². The fraction of sp³-hybridized carbons (Fsp3) is 0.560. The molecule has 4 nitrogen and oxygen atoms in total. The minimum Gasteiger partial charge on any atom is -0.508 e. The highest BCUT2D eigenvalue weighted by Crippen LogP contribution is 2.49. The van der Waals surface area contributed by atoms with Crippen molar-refractivity contribution in [2.24, 2.45) is 5.92 Å². The number of benzene rings is 1. The third-order valence-corrected chi connectivity index (χ3v) is 8.14. The average molecular weight is 426 g/mol. The Morgan fingerprint density at radius 2 is 2.07 bits per heavy atom. The Labute approximate surface area is 186 Å². The van der Waals surface area contributed by atoms with Crippen LogP contribution in [-0.4, -0.2) is 57.6 Å². The predicted molar refractivity (Wildman–Crippen MR) is 128 cm³/mol. The molecule has 162 valence electrons. The van der Waals surface area contributed by atoms with Crippen LogP contribution in [0.1, 0.15) is 55.3 Å². The van der Waals surface area contributed by atoms with Crippen LogP contribution in [0.3, 0.4) is 0 Å². The molecule has 0 spiro atoms. The lowest BCUT2D eigenvalue weighted by atomic mass is 9.58. The number of nitrogens with one attached hydrogen (secondary N) is 1. The van der Waals surface area contributed by atoms with Crippen molar-refractivity contribution in [2.45, 2.75) is 52.4 Å².